The van der Waals surface area contributed by atoms with Crippen LogP contribution in [0.15, 0.2) is 66.1 Å². The number of carbonyl (C=O) groups excluding carboxylic acids is 1. The number of nitro benzene ring substituents is 1. The highest BCUT2D eigenvalue weighted by atomic mass is 19.1. The summed E-state index contributed by atoms with van der Waals surface area (Å²) >= 11 is 0. The van der Waals surface area contributed by atoms with Crippen molar-refractivity contribution in [1.82, 2.24) is 14.1 Å². The summed E-state index contributed by atoms with van der Waals surface area (Å²) in [5.74, 6) is -1.43. The normalized spacial score (nSPS) is 13.3. The SMILES string of the molecule is O=C(Nc1ccccc1[N+](=O)[O-])c1cn(C2CC2)c2cc(-n3ccnc3)c(F)cc2c1=O. The molecule has 1 amide bonds. The van der Waals surface area contributed by atoms with Crippen LogP contribution in [-0.2, 0) is 0 Å². The largest absolute Gasteiger partial charge is 0.343 e. The number of para-hydroxylation sites is 2. The summed E-state index contributed by atoms with van der Waals surface area (Å²) < 4.78 is 18.2. The summed E-state index contributed by atoms with van der Waals surface area (Å²) in [6.45, 7) is 0. The van der Waals surface area contributed by atoms with E-state index in [-0.39, 0.29) is 34.1 Å². The van der Waals surface area contributed by atoms with Crippen LogP contribution in [0.25, 0.3) is 16.6 Å². The first-order chi connectivity index (χ1) is 15.4. The molecule has 0 spiro atoms. The number of fused-ring (bicyclic) bond motifs is 1. The fourth-order valence-corrected chi connectivity index (χ4v) is 3.70. The van der Waals surface area contributed by atoms with Crippen molar-refractivity contribution >= 4 is 28.2 Å². The zero-order valence-corrected chi connectivity index (χ0v) is 16.6. The van der Waals surface area contributed by atoms with E-state index in [4.69, 9.17) is 0 Å². The van der Waals surface area contributed by atoms with Crippen LogP contribution in [-0.4, -0.2) is 24.9 Å². The van der Waals surface area contributed by atoms with Gasteiger partial charge in [-0.15, -0.1) is 0 Å². The molecule has 0 atom stereocenters. The molecule has 0 radical (unpaired) electrons. The number of amides is 1. The van der Waals surface area contributed by atoms with Crippen molar-refractivity contribution in [3.05, 3.63) is 93.0 Å². The number of halogens is 1. The molecule has 2 heterocycles. The Morgan fingerprint density at radius 2 is 2.03 bits per heavy atom. The minimum absolute atomic E-state index is 0.0263. The Labute approximate surface area is 179 Å². The number of benzene rings is 2. The molecular weight excluding hydrogens is 417 g/mol. The van der Waals surface area contributed by atoms with Crippen molar-refractivity contribution in [2.24, 2.45) is 0 Å². The summed E-state index contributed by atoms with van der Waals surface area (Å²) in [5.41, 5.74) is -0.436. The zero-order valence-electron chi connectivity index (χ0n) is 16.6. The second-order valence-electron chi connectivity index (χ2n) is 7.53. The lowest BCUT2D eigenvalue weighted by Crippen LogP contribution is -2.24. The highest BCUT2D eigenvalue weighted by molar-refractivity contribution is 6.06. The summed E-state index contributed by atoms with van der Waals surface area (Å²) in [6.07, 6.45) is 7.74. The van der Waals surface area contributed by atoms with Crippen molar-refractivity contribution in [2.75, 3.05) is 5.32 Å². The number of pyridine rings is 1. The molecule has 1 saturated carbocycles. The van der Waals surface area contributed by atoms with Gasteiger partial charge in [-0.25, -0.2) is 9.37 Å². The molecule has 2 aromatic heterocycles. The van der Waals surface area contributed by atoms with Crippen LogP contribution in [0.1, 0.15) is 29.2 Å². The number of rotatable bonds is 5. The minimum atomic E-state index is -0.792. The van der Waals surface area contributed by atoms with Gasteiger partial charge >= 0.3 is 0 Å². The molecule has 0 aliphatic heterocycles. The van der Waals surface area contributed by atoms with Gasteiger partial charge in [0.25, 0.3) is 11.6 Å². The van der Waals surface area contributed by atoms with Crippen LogP contribution in [0.3, 0.4) is 0 Å². The lowest BCUT2D eigenvalue weighted by Gasteiger charge is -2.15. The molecule has 1 aliphatic carbocycles. The molecule has 32 heavy (non-hydrogen) atoms. The number of nitro groups is 1. The zero-order chi connectivity index (χ0) is 22.4. The van der Waals surface area contributed by atoms with Crippen molar-refractivity contribution in [3.63, 3.8) is 0 Å². The first kappa shape index (κ1) is 19.6. The Balaban J connectivity index is 1.64. The number of nitrogens with zero attached hydrogens (tertiary/aromatic N) is 4. The number of imidazole rings is 1. The van der Waals surface area contributed by atoms with Crippen molar-refractivity contribution in [1.29, 1.82) is 0 Å². The second kappa shape index (κ2) is 7.41. The molecule has 1 N–H and O–H groups in total. The monoisotopic (exact) mass is 433 g/mol. The fourth-order valence-electron chi connectivity index (χ4n) is 3.70. The maximum atomic E-state index is 14.9. The van der Waals surface area contributed by atoms with Crippen LogP contribution in [0.2, 0.25) is 0 Å². The molecule has 0 bridgehead atoms. The van der Waals surface area contributed by atoms with E-state index in [1.165, 1.54) is 41.5 Å². The molecule has 2 aromatic carbocycles. The lowest BCUT2D eigenvalue weighted by atomic mass is 10.1. The topological polar surface area (TPSA) is 112 Å². The molecule has 5 rings (SSSR count). The van der Waals surface area contributed by atoms with E-state index in [2.05, 4.69) is 10.3 Å². The van der Waals surface area contributed by atoms with Crippen LogP contribution >= 0.6 is 0 Å². The summed E-state index contributed by atoms with van der Waals surface area (Å²) in [7, 11) is 0. The minimum Gasteiger partial charge on any atom is -0.343 e. The molecule has 4 aromatic rings. The predicted octanol–water partition coefficient (Wildman–Crippen LogP) is 3.82. The summed E-state index contributed by atoms with van der Waals surface area (Å²) in [6, 6.07) is 8.42. The van der Waals surface area contributed by atoms with Gasteiger partial charge < -0.3 is 14.5 Å². The second-order valence-corrected chi connectivity index (χ2v) is 7.53. The van der Waals surface area contributed by atoms with Gasteiger partial charge in [0.15, 0.2) is 0 Å². The van der Waals surface area contributed by atoms with Gasteiger partial charge in [-0.05, 0) is 31.0 Å². The average Bonchev–Trinajstić information content (AvgIpc) is 3.47. The third kappa shape index (κ3) is 3.31. The van der Waals surface area contributed by atoms with Gasteiger partial charge in [-0.2, -0.15) is 0 Å². The van der Waals surface area contributed by atoms with Crippen molar-refractivity contribution in [2.45, 2.75) is 18.9 Å². The van der Waals surface area contributed by atoms with Gasteiger partial charge in [0, 0.05) is 36.1 Å². The number of hydrogen-bond donors (Lipinski definition) is 1. The number of aromatic nitrogens is 3. The highest BCUT2D eigenvalue weighted by Gasteiger charge is 2.28. The molecule has 0 unspecified atom stereocenters. The van der Waals surface area contributed by atoms with Gasteiger partial charge in [-0.3, -0.25) is 19.7 Å². The summed E-state index contributed by atoms with van der Waals surface area (Å²) in [4.78, 5) is 40.6. The highest BCUT2D eigenvalue weighted by Crippen LogP contribution is 2.37. The smallest absolute Gasteiger partial charge is 0.292 e. The first-order valence-corrected chi connectivity index (χ1v) is 9.85. The number of carbonyl (C=O) groups is 1. The average molecular weight is 433 g/mol. The third-order valence-corrected chi connectivity index (χ3v) is 5.42. The van der Waals surface area contributed by atoms with Crippen LogP contribution in [0.5, 0.6) is 0 Å². The Morgan fingerprint density at radius 3 is 2.72 bits per heavy atom. The number of hydrogen-bond acceptors (Lipinski definition) is 5. The first-order valence-electron chi connectivity index (χ1n) is 9.85. The van der Waals surface area contributed by atoms with Crippen LogP contribution in [0, 0.1) is 15.9 Å². The summed E-state index contributed by atoms with van der Waals surface area (Å²) in [5, 5.41) is 13.8. The van der Waals surface area contributed by atoms with Gasteiger partial charge in [0.05, 0.1) is 22.5 Å². The predicted molar refractivity (Wildman–Crippen MR) is 115 cm³/mol. The molecule has 9 nitrogen and oxygen atoms in total. The van der Waals surface area contributed by atoms with E-state index in [0.29, 0.717) is 5.52 Å². The van der Waals surface area contributed by atoms with Gasteiger partial charge in [0.2, 0.25) is 5.43 Å². The lowest BCUT2D eigenvalue weighted by molar-refractivity contribution is -0.383. The van der Waals surface area contributed by atoms with Crippen LogP contribution in [0.4, 0.5) is 15.8 Å². The maximum absolute atomic E-state index is 14.9. The number of anilines is 1. The Morgan fingerprint density at radius 1 is 1.25 bits per heavy atom. The number of nitrogens with one attached hydrogen (secondary N) is 1. The van der Waals surface area contributed by atoms with E-state index < -0.39 is 22.1 Å². The molecule has 10 heteroatoms. The van der Waals surface area contributed by atoms with E-state index in [1.807, 2.05) is 0 Å². The van der Waals surface area contributed by atoms with Crippen molar-refractivity contribution in [3.8, 4) is 5.69 Å². The standard InChI is InChI=1S/C22H16FN5O4/c23-16-9-14-19(10-20(16)26-8-7-24-12-26)27(13-5-6-13)11-15(21(14)29)22(30)25-17-3-1-2-4-18(17)28(31)32/h1-4,7-13H,5-6H2,(H,25,30). The quantitative estimate of drug-likeness (QED) is 0.380. The van der Waals surface area contributed by atoms with Gasteiger partial charge in [-0.1, -0.05) is 12.1 Å². The molecule has 1 aliphatic rings. The molecular formula is C22H16FN5O4. The Hall–Kier alpha value is -4.34. The van der Waals surface area contributed by atoms with E-state index >= 15 is 0 Å². The Bertz CT molecular complexity index is 1440. The van der Waals surface area contributed by atoms with E-state index in [0.717, 1.165) is 18.9 Å². The Kier molecular flexibility index (Phi) is 4.54. The maximum Gasteiger partial charge on any atom is 0.292 e. The van der Waals surface area contributed by atoms with E-state index in [9.17, 15) is 24.1 Å². The molecule has 1 fully saturated rings. The van der Waals surface area contributed by atoms with Crippen LogP contribution < -0.4 is 10.7 Å². The fraction of sp³-hybridized carbons (Fsp3) is 0.136. The molecule has 0 saturated heterocycles. The van der Waals surface area contributed by atoms with Crippen molar-refractivity contribution < 1.29 is 14.1 Å². The molecule has 160 valence electrons. The van der Waals surface area contributed by atoms with E-state index in [1.54, 1.807) is 22.9 Å². The third-order valence-electron chi connectivity index (χ3n) is 5.42. The van der Waals surface area contributed by atoms with Gasteiger partial charge in [0.1, 0.15) is 17.1 Å².